The number of carbonyl (C=O) groups is 1. The van der Waals surface area contributed by atoms with Gasteiger partial charge in [0.15, 0.2) is 5.69 Å². The number of aryl methyl sites for hydroxylation is 1. The van der Waals surface area contributed by atoms with Crippen LogP contribution < -0.4 is 5.32 Å². The maximum absolute atomic E-state index is 12.5. The van der Waals surface area contributed by atoms with Gasteiger partial charge in [0, 0.05) is 36.6 Å². The van der Waals surface area contributed by atoms with Crippen molar-refractivity contribution in [3.8, 4) is 0 Å². The van der Waals surface area contributed by atoms with Crippen LogP contribution in [0.15, 0.2) is 33.7 Å². The van der Waals surface area contributed by atoms with Crippen LogP contribution in [0.25, 0.3) is 0 Å². The van der Waals surface area contributed by atoms with Crippen LogP contribution in [-0.4, -0.2) is 48.5 Å². The van der Waals surface area contributed by atoms with Crippen molar-refractivity contribution < 1.29 is 14.1 Å². The van der Waals surface area contributed by atoms with Crippen molar-refractivity contribution in [2.24, 2.45) is 0 Å². The van der Waals surface area contributed by atoms with Gasteiger partial charge in [0.2, 0.25) is 0 Å². The van der Waals surface area contributed by atoms with E-state index in [9.17, 15) is 4.79 Å². The summed E-state index contributed by atoms with van der Waals surface area (Å²) in [6.45, 7) is 6.12. The Labute approximate surface area is 151 Å². The number of thioether (sulfide) groups is 1. The summed E-state index contributed by atoms with van der Waals surface area (Å²) in [6.07, 6.45) is 2.04. The van der Waals surface area contributed by atoms with Gasteiger partial charge < -0.3 is 14.6 Å². The molecule has 2 heterocycles. The summed E-state index contributed by atoms with van der Waals surface area (Å²) in [6, 6.07) is 8.15. The first kappa shape index (κ1) is 18.0. The average molecular weight is 361 g/mol. The molecule has 1 saturated heterocycles. The molecule has 1 N–H and O–H groups in total. The normalized spacial score (nSPS) is 15.3. The third kappa shape index (κ3) is 4.62. The second-order valence-corrected chi connectivity index (χ2v) is 6.86. The summed E-state index contributed by atoms with van der Waals surface area (Å²) >= 11 is 1.70. The molecule has 25 heavy (non-hydrogen) atoms. The van der Waals surface area contributed by atoms with Crippen molar-refractivity contribution in [2.75, 3.05) is 32.6 Å². The minimum atomic E-state index is -0.200. The summed E-state index contributed by atoms with van der Waals surface area (Å²) in [4.78, 5) is 16.0. The zero-order chi connectivity index (χ0) is 17.6. The first-order valence-corrected chi connectivity index (χ1v) is 9.56. The molecule has 1 fully saturated rings. The predicted molar refractivity (Wildman–Crippen MR) is 96.7 cm³/mol. The van der Waals surface area contributed by atoms with Gasteiger partial charge in [0.25, 0.3) is 5.91 Å². The molecular formula is C18H23N3O3S. The number of ether oxygens (including phenoxy) is 1. The number of carbonyl (C=O) groups excluding carboxylic acids is 1. The number of morpholine rings is 1. The van der Waals surface area contributed by atoms with Crippen LogP contribution in [0.4, 0.5) is 0 Å². The van der Waals surface area contributed by atoms with Crippen molar-refractivity contribution in [2.45, 2.75) is 24.9 Å². The smallest absolute Gasteiger partial charge is 0.274 e. The van der Waals surface area contributed by atoms with Gasteiger partial charge in [-0.1, -0.05) is 17.3 Å². The zero-order valence-electron chi connectivity index (χ0n) is 14.6. The minimum Gasteiger partial charge on any atom is -0.379 e. The lowest BCUT2D eigenvalue weighted by molar-refractivity contribution is 0.0339. The number of hydrogen-bond donors (Lipinski definition) is 1. The lowest BCUT2D eigenvalue weighted by atomic mass is 10.1. The Balaban J connectivity index is 1.63. The Morgan fingerprint density at radius 1 is 1.28 bits per heavy atom. The molecule has 3 rings (SSSR count). The standard InChI is InChI=1S/C18H23N3O3S/c1-13-16(12-21-7-9-23-10-8-21)17(20-24-13)18(22)19-11-14-3-5-15(25-2)6-4-14/h3-6H,7-12H2,1-2H3,(H,19,22). The van der Waals surface area contributed by atoms with E-state index >= 15 is 0 Å². The summed E-state index contributed by atoms with van der Waals surface area (Å²) in [5, 5.41) is 6.90. The van der Waals surface area contributed by atoms with Crippen LogP contribution in [0.1, 0.15) is 27.4 Å². The van der Waals surface area contributed by atoms with Crippen LogP contribution in [-0.2, 0) is 17.8 Å². The van der Waals surface area contributed by atoms with Crippen molar-refractivity contribution in [1.82, 2.24) is 15.4 Å². The number of aromatic nitrogens is 1. The second kappa shape index (κ2) is 8.51. The van der Waals surface area contributed by atoms with E-state index in [-0.39, 0.29) is 5.91 Å². The van der Waals surface area contributed by atoms with Crippen LogP contribution in [0, 0.1) is 6.92 Å². The molecule has 0 atom stereocenters. The average Bonchev–Trinajstić information content (AvgIpc) is 3.01. The van der Waals surface area contributed by atoms with E-state index in [0.29, 0.717) is 24.5 Å². The molecule has 0 saturated carbocycles. The summed E-state index contributed by atoms with van der Waals surface area (Å²) in [7, 11) is 0. The summed E-state index contributed by atoms with van der Waals surface area (Å²) < 4.78 is 10.6. The Bertz CT molecular complexity index is 709. The van der Waals surface area contributed by atoms with Crippen LogP contribution >= 0.6 is 11.8 Å². The Morgan fingerprint density at radius 3 is 2.68 bits per heavy atom. The molecule has 1 aromatic carbocycles. The topological polar surface area (TPSA) is 67.6 Å². The fraction of sp³-hybridized carbons (Fsp3) is 0.444. The lowest BCUT2D eigenvalue weighted by Crippen LogP contribution is -2.36. The molecule has 1 aromatic heterocycles. The fourth-order valence-electron chi connectivity index (χ4n) is 2.75. The molecule has 0 aliphatic carbocycles. The number of amides is 1. The maximum atomic E-state index is 12.5. The van der Waals surface area contributed by atoms with Gasteiger partial charge in [-0.3, -0.25) is 9.69 Å². The van der Waals surface area contributed by atoms with Crippen molar-refractivity contribution in [3.05, 3.63) is 46.8 Å². The first-order chi connectivity index (χ1) is 12.2. The SMILES string of the molecule is CSc1ccc(CNC(=O)c2noc(C)c2CN2CCOCC2)cc1. The van der Waals surface area contributed by atoms with Crippen molar-refractivity contribution >= 4 is 17.7 Å². The monoisotopic (exact) mass is 361 g/mol. The predicted octanol–water partition coefficient (Wildman–Crippen LogP) is 2.47. The van der Waals surface area contributed by atoms with E-state index in [4.69, 9.17) is 9.26 Å². The number of rotatable bonds is 6. The van der Waals surface area contributed by atoms with Gasteiger partial charge in [-0.15, -0.1) is 11.8 Å². The van der Waals surface area contributed by atoms with Gasteiger partial charge >= 0.3 is 0 Å². The van der Waals surface area contributed by atoms with Crippen molar-refractivity contribution in [1.29, 1.82) is 0 Å². The molecule has 0 radical (unpaired) electrons. The van der Waals surface area contributed by atoms with Gasteiger partial charge in [-0.2, -0.15) is 0 Å². The second-order valence-electron chi connectivity index (χ2n) is 5.99. The van der Waals surface area contributed by atoms with Crippen LogP contribution in [0.5, 0.6) is 0 Å². The summed E-state index contributed by atoms with van der Waals surface area (Å²) in [5.41, 5.74) is 2.29. The van der Waals surface area contributed by atoms with E-state index in [0.717, 1.165) is 37.4 Å². The number of nitrogens with zero attached hydrogens (tertiary/aromatic N) is 2. The van der Waals surface area contributed by atoms with Crippen LogP contribution in [0.2, 0.25) is 0 Å². The highest BCUT2D eigenvalue weighted by Crippen LogP contribution is 2.18. The Morgan fingerprint density at radius 2 is 2.00 bits per heavy atom. The molecule has 0 bridgehead atoms. The molecule has 0 spiro atoms. The largest absolute Gasteiger partial charge is 0.379 e. The Kier molecular flexibility index (Phi) is 6.12. The van der Waals surface area contributed by atoms with Gasteiger partial charge in [-0.25, -0.2) is 0 Å². The quantitative estimate of drug-likeness (QED) is 0.797. The third-order valence-electron chi connectivity index (χ3n) is 4.30. The van der Waals surface area contributed by atoms with Gasteiger partial charge in [0.05, 0.1) is 13.2 Å². The number of benzene rings is 1. The van der Waals surface area contributed by atoms with Crippen molar-refractivity contribution in [3.63, 3.8) is 0 Å². The maximum Gasteiger partial charge on any atom is 0.274 e. The highest BCUT2D eigenvalue weighted by Gasteiger charge is 2.22. The molecule has 0 unspecified atom stereocenters. The zero-order valence-corrected chi connectivity index (χ0v) is 15.4. The Hall–Kier alpha value is -1.83. The molecular weight excluding hydrogens is 338 g/mol. The molecule has 1 aliphatic rings. The highest BCUT2D eigenvalue weighted by atomic mass is 32.2. The van der Waals surface area contributed by atoms with Gasteiger partial charge in [-0.05, 0) is 30.9 Å². The molecule has 1 aliphatic heterocycles. The molecule has 134 valence electrons. The molecule has 7 heteroatoms. The summed E-state index contributed by atoms with van der Waals surface area (Å²) in [5.74, 6) is 0.495. The lowest BCUT2D eigenvalue weighted by Gasteiger charge is -2.26. The minimum absolute atomic E-state index is 0.200. The molecule has 1 amide bonds. The van der Waals surface area contributed by atoms with E-state index in [1.807, 2.05) is 25.3 Å². The van der Waals surface area contributed by atoms with Gasteiger partial charge in [0.1, 0.15) is 5.76 Å². The van der Waals surface area contributed by atoms with Crippen LogP contribution in [0.3, 0.4) is 0 Å². The fourth-order valence-corrected chi connectivity index (χ4v) is 3.16. The third-order valence-corrected chi connectivity index (χ3v) is 5.04. The van der Waals surface area contributed by atoms with E-state index < -0.39 is 0 Å². The number of hydrogen-bond acceptors (Lipinski definition) is 6. The highest BCUT2D eigenvalue weighted by molar-refractivity contribution is 7.98. The first-order valence-electron chi connectivity index (χ1n) is 8.33. The molecule has 2 aromatic rings. The van der Waals surface area contributed by atoms with E-state index in [1.54, 1.807) is 11.8 Å². The van der Waals surface area contributed by atoms with E-state index in [1.165, 1.54) is 4.90 Å². The van der Waals surface area contributed by atoms with E-state index in [2.05, 4.69) is 27.5 Å². The molecule has 6 nitrogen and oxygen atoms in total. The number of nitrogens with one attached hydrogen (secondary N) is 1.